The highest BCUT2D eigenvalue weighted by molar-refractivity contribution is 7.99. The van der Waals surface area contributed by atoms with Crippen molar-refractivity contribution in [3.05, 3.63) is 90.4 Å². The number of rotatable bonds is 6. The van der Waals surface area contributed by atoms with Crippen LogP contribution in [0.15, 0.2) is 93.6 Å². The highest BCUT2D eigenvalue weighted by Gasteiger charge is 2.34. The second kappa shape index (κ2) is 8.88. The first-order chi connectivity index (χ1) is 15.7. The van der Waals surface area contributed by atoms with Crippen molar-refractivity contribution < 1.29 is 13.9 Å². The maximum atomic E-state index is 13.2. The molecule has 1 aliphatic rings. The fraction of sp³-hybridized carbons (Fsp3) is 0.160. The normalized spacial score (nSPS) is 15.7. The molecule has 6 nitrogen and oxygen atoms in total. The number of pyridine rings is 1. The first-order valence-corrected chi connectivity index (χ1v) is 11.3. The lowest BCUT2D eigenvalue weighted by Crippen LogP contribution is -2.28. The summed E-state index contributed by atoms with van der Waals surface area (Å²) in [6, 6.07) is 23.1. The zero-order chi connectivity index (χ0) is 21.9. The van der Waals surface area contributed by atoms with E-state index in [1.165, 1.54) is 11.8 Å². The summed E-state index contributed by atoms with van der Waals surface area (Å²) in [6.45, 7) is 0. The molecule has 5 rings (SSSR count). The van der Waals surface area contributed by atoms with Crippen LogP contribution >= 0.6 is 11.8 Å². The van der Waals surface area contributed by atoms with Crippen LogP contribution in [-0.4, -0.2) is 34.5 Å². The van der Waals surface area contributed by atoms with Crippen LogP contribution in [-0.2, 0) is 4.79 Å². The topological polar surface area (TPSA) is 67.9 Å². The van der Waals surface area contributed by atoms with Crippen LogP contribution in [0, 0.1) is 0 Å². The molecule has 1 aliphatic heterocycles. The van der Waals surface area contributed by atoms with Gasteiger partial charge in [0, 0.05) is 11.8 Å². The van der Waals surface area contributed by atoms with Gasteiger partial charge in [-0.2, -0.15) is 5.10 Å². The molecule has 1 unspecified atom stereocenters. The maximum Gasteiger partial charge on any atom is 0.253 e. The molecule has 0 saturated carbocycles. The Bertz CT molecular complexity index is 1270. The van der Waals surface area contributed by atoms with Gasteiger partial charge in [0.2, 0.25) is 0 Å². The number of aromatic nitrogens is 1. The zero-order valence-corrected chi connectivity index (χ0v) is 18.3. The number of para-hydroxylation sites is 1. The second-order valence-corrected chi connectivity index (χ2v) is 8.38. The van der Waals surface area contributed by atoms with Crippen LogP contribution in [0.25, 0.3) is 10.9 Å². The SMILES string of the molecule is COc1ccc(C2=NN(C(=O)CSc3ccc4ccccc4n3)C(c3ccco3)C2)cc1. The number of methoxy groups -OCH3 is 1. The number of hydrogen-bond donors (Lipinski definition) is 0. The number of fused-ring (bicyclic) bond motifs is 1. The van der Waals surface area contributed by atoms with E-state index in [0.717, 1.165) is 38.7 Å². The number of hydrogen-bond acceptors (Lipinski definition) is 6. The average molecular weight is 444 g/mol. The number of furan rings is 1. The second-order valence-electron chi connectivity index (χ2n) is 7.38. The lowest BCUT2D eigenvalue weighted by molar-refractivity contribution is -0.130. The lowest BCUT2D eigenvalue weighted by Gasteiger charge is -2.19. The van der Waals surface area contributed by atoms with Gasteiger partial charge in [-0.05, 0) is 54.1 Å². The van der Waals surface area contributed by atoms with Gasteiger partial charge in [-0.1, -0.05) is 36.0 Å². The molecule has 0 saturated heterocycles. The quantitative estimate of drug-likeness (QED) is 0.378. The van der Waals surface area contributed by atoms with Crippen LogP contribution in [0.2, 0.25) is 0 Å². The van der Waals surface area contributed by atoms with Crippen molar-refractivity contribution in [2.24, 2.45) is 5.10 Å². The number of carbonyl (C=O) groups is 1. The van der Waals surface area contributed by atoms with E-state index in [1.807, 2.05) is 72.8 Å². The van der Waals surface area contributed by atoms with Crippen LogP contribution in [0.4, 0.5) is 0 Å². The molecule has 2 aromatic carbocycles. The predicted molar refractivity (Wildman–Crippen MR) is 125 cm³/mol. The molecule has 0 aliphatic carbocycles. The molecular weight excluding hydrogens is 422 g/mol. The number of amides is 1. The van der Waals surface area contributed by atoms with Gasteiger partial charge in [0.15, 0.2) is 0 Å². The molecule has 2 aromatic heterocycles. The van der Waals surface area contributed by atoms with E-state index in [2.05, 4.69) is 10.1 Å². The van der Waals surface area contributed by atoms with Crippen molar-refractivity contribution in [1.29, 1.82) is 0 Å². The molecule has 32 heavy (non-hydrogen) atoms. The molecule has 0 radical (unpaired) electrons. The Morgan fingerprint density at radius 2 is 1.94 bits per heavy atom. The summed E-state index contributed by atoms with van der Waals surface area (Å²) in [4.78, 5) is 17.8. The molecule has 7 heteroatoms. The van der Waals surface area contributed by atoms with Gasteiger partial charge in [-0.3, -0.25) is 4.79 Å². The largest absolute Gasteiger partial charge is 0.497 e. The van der Waals surface area contributed by atoms with E-state index in [1.54, 1.807) is 18.4 Å². The van der Waals surface area contributed by atoms with Gasteiger partial charge >= 0.3 is 0 Å². The Balaban J connectivity index is 1.36. The van der Waals surface area contributed by atoms with Gasteiger partial charge in [-0.25, -0.2) is 9.99 Å². The third-order valence-electron chi connectivity index (χ3n) is 5.38. The van der Waals surface area contributed by atoms with E-state index in [-0.39, 0.29) is 17.7 Å². The maximum absolute atomic E-state index is 13.2. The Kier molecular flexibility index (Phi) is 5.64. The van der Waals surface area contributed by atoms with Crippen LogP contribution < -0.4 is 4.74 Å². The van der Waals surface area contributed by atoms with E-state index in [0.29, 0.717) is 6.42 Å². The van der Waals surface area contributed by atoms with Crippen molar-refractivity contribution in [2.45, 2.75) is 17.5 Å². The van der Waals surface area contributed by atoms with E-state index in [9.17, 15) is 4.79 Å². The van der Waals surface area contributed by atoms with Gasteiger partial charge in [0.05, 0.1) is 35.4 Å². The first kappa shape index (κ1) is 20.3. The lowest BCUT2D eigenvalue weighted by atomic mass is 10.0. The number of benzene rings is 2. The number of hydrazone groups is 1. The van der Waals surface area contributed by atoms with E-state index < -0.39 is 0 Å². The van der Waals surface area contributed by atoms with Crippen molar-refractivity contribution >= 4 is 34.3 Å². The van der Waals surface area contributed by atoms with Crippen molar-refractivity contribution in [3.8, 4) is 5.75 Å². The Morgan fingerprint density at radius 1 is 1.09 bits per heavy atom. The molecule has 1 amide bonds. The highest BCUT2D eigenvalue weighted by Crippen LogP contribution is 2.34. The third kappa shape index (κ3) is 4.11. The molecule has 3 heterocycles. The van der Waals surface area contributed by atoms with Crippen molar-refractivity contribution in [2.75, 3.05) is 12.9 Å². The minimum atomic E-state index is -0.264. The fourth-order valence-electron chi connectivity index (χ4n) is 3.73. The highest BCUT2D eigenvalue weighted by atomic mass is 32.2. The summed E-state index contributed by atoms with van der Waals surface area (Å²) in [5.74, 6) is 1.65. The van der Waals surface area contributed by atoms with Crippen LogP contribution in [0.1, 0.15) is 23.8 Å². The van der Waals surface area contributed by atoms with Crippen LogP contribution in [0.3, 0.4) is 0 Å². The predicted octanol–water partition coefficient (Wildman–Crippen LogP) is 5.31. The van der Waals surface area contributed by atoms with E-state index >= 15 is 0 Å². The Hall–Kier alpha value is -3.58. The summed E-state index contributed by atoms with van der Waals surface area (Å²) in [7, 11) is 1.64. The zero-order valence-electron chi connectivity index (χ0n) is 17.5. The molecule has 1 atom stereocenters. The molecule has 0 spiro atoms. The van der Waals surface area contributed by atoms with E-state index in [4.69, 9.17) is 9.15 Å². The molecule has 0 fully saturated rings. The number of ether oxygens (including phenoxy) is 1. The summed E-state index contributed by atoms with van der Waals surface area (Å²) in [5.41, 5.74) is 2.72. The van der Waals surface area contributed by atoms with Gasteiger partial charge in [0.25, 0.3) is 5.91 Å². The number of carbonyl (C=O) groups excluding carboxylic acids is 1. The van der Waals surface area contributed by atoms with Gasteiger partial charge in [-0.15, -0.1) is 0 Å². The summed E-state index contributed by atoms with van der Waals surface area (Å²) in [5, 5.41) is 8.12. The third-order valence-corrected chi connectivity index (χ3v) is 6.29. The smallest absolute Gasteiger partial charge is 0.253 e. The number of thioether (sulfide) groups is 1. The van der Waals surface area contributed by atoms with Crippen LogP contribution in [0.5, 0.6) is 5.75 Å². The fourth-order valence-corrected chi connectivity index (χ4v) is 4.46. The molecule has 0 N–H and O–H groups in total. The summed E-state index contributed by atoms with van der Waals surface area (Å²) < 4.78 is 10.9. The Morgan fingerprint density at radius 3 is 2.72 bits per heavy atom. The monoisotopic (exact) mass is 443 g/mol. The minimum absolute atomic E-state index is 0.0881. The van der Waals surface area contributed by atoms with Gasteiger partial charge < -0.3 is 9.15 Å². The molecule has 4 aromatic rings. The Labute approximate surface area is 189 Å². The van der Waals surface area contributed by atoms with Gasteiger partial charge in [0.1, 0.15) is 17.6 Å². The standard InChI is InChI=1S/C25H21N3O3S/c1-30-19-11-8-18(9-12-19)21-15-22(23-7-4-14-31-23)28(27-21)25(29)16-32-24-13-10-17-5-2-3-6-20(17)26-24/h2-14,22H,15-16H2,1H3. The number of nitrogens with zero attached hydrogens (tertiary/aromatic N) is 3. The minimum Gasteiger partial charge on any atom is -0.497 e. The van der Waals surface area contributed by atoms with Crippen molar-refractivity contribution in [1.82, 2.24) is 9.99 Å². The summed E-state index contributed by atoms with van der Waals surface area (Å²) in [6.07, 6.45) is 2.21. The molecular formula is C25H21N3O3S. The first-order valence-electron chi connectivity index (χ1n) is 10.3. The van der Waals surface area contributed by atoms with Crippen molar-refractivity contribution in [3.63, 3.8) is 0 Å². The average Bonchev–Trinajstić information content (AvgIpc) is 3.53. The summed E-state index contributed by atoms with van der Waals surface area (Å²) >= 11 is 1.41. The molecule has 0 bridgehead atoms. The molecule has 160 valence electrons.